The van der Waals surface area contributed by atoms with Gasteiger partial charge in [-0.05, 0) is 51.2 Å². The van der Waals surface area contributed by atoms with Crippen molar-refractivity contribution in [3.63, 3.8) is 0 Å². The summed E-state index contributed by atoms with van der Waals surface area (Å²) >= 11 is 0. The molecular weight excluding hydrogens is 282 g/mol. The summed E-state index contributed by atoms with van der Waals surface area (Å²) in [6.45, 7) is 3.35. The fraction of sp³-hybridized carbons (Fsp3) is 0.500. The lowest BCUT2D eigenvalue weighted by atomic mass is 10.1. The molecule has 0 saturated carbocycles. The van der Waals surface area contributed by atoms with Crippen LogP contribution in [0.2, 0.25) is 0 Å². The third-order valence-corrected chi connectivity index (χ3v) is 4.07. The van der Waals surface area contributed by atoms with Crippen LogP contribution in [0.4, 0.5) is 10.5 Å². The van der Waals surface area contributed by atoms with Gasteiger partial charge in [-0.3, -0.25) is 0 Å². The van der Waals surface area contributed by atoms with Gasteiger partial charge in [-0.2, -0.15) is 0 Å². The molecule has 6 nitrogen and oxygen atoms in total. The van der Waals surface area contributed by atoms with Gasteiger partial charge < -0.3 is 19.9 Å². The van der Waals surface area contributed by atoms with Gasteiger partial charge in [0.15, 0.2) is 0 Å². The van der Waals surface area contributed by atoms with Crippen molar-refractivity contribution in [1.29, 1.82) is 0 Å². The van der Waals surface area contributed by atoms with Crippen molar-refractivity contribution in [2.75, 3.05) is 39.6 Å². The van der Waals surface area contributed by atoms with Crippen molar-refractivity contribution in [3.8, 4) is 0 Å². The molecule has 1 aromatic carbocycles. The van der Waals surface area contributed by atoms with Crippen LogP contribution in [0.3, 0.4) is 0 Å². The van der Waals surface area contributed by atoms with Gasteiger partial charge in [0.1, 0.15) is 0 Å². The summed E-state index contributed by atoms with van der Waals surface area (Å²) in [6.07, 6.45) is 0.987. The number of esters is 1. The molecule has 1 fully saturated rings. The van der Waals surface area contributed by atoms with Crippen LogP contribution in [0.5, 0.6) is 0 Å². The van der Waals surface area contributed by atoms with Gasteiger partial charge in [0.25, 0.3) is 0 Å². The van der Waals surface area contributed by atoms with Crippen LogP contribution in [0.25, 0.3) is 0 Å². The maximum atomic E-state index is 12.3. The highest BCUT2D eigenvalue weighted by Gasteiger charge is 2.27. The summed E-state index contributed by atoms with van der Waals surface area (Å²) in [5, 5.41) is 2.91. The van der Waals surface area contributed by atoms with E-state index in [0.717, 1.165) is 25.1 Å². The van der Waals surface area contributed by atoms with E-state index in [4.69, 9.17) is 0 Å². The number of rotatable bonds is 3. The molecule has 2 rings (SSSR count). The average Bonchev–Trinajstić information content (AvgIpc) is 2.98. The van der Waals surface area contributed by atoms with E-state index in [9.17, 15) is 9.59 Å². The first-order valence-corrected chi connectivity index (χ1v) is 7.33. The highest BCUT2D eigenvalue weighted by atomic mass is 16.5. The van der Waals surface area contributed by atoms with Crippen molar-refractivity contribution in [3.05, 3.63) is 29.3 Å². The fourth-order valence-corrected chi connectivity index (χ4v) is 2.59. The van der Waals surface area contributed by atoms with Crippen molar-refractivity contribution in [2.45, 2.75) is 19.4 Å². The molecule has 2 amide bonds. The van der Waals surface area contributed by atoms with Gasteiger partial charge in [-0.15, -0.1) is 0 Å². The quantitative estimate of drug-likeness (QED) is 0.867. The van der Waals surface area contributed by atoms with Crippen molar-refractivity contribution in [1.82, 2.24) is 9.80 Å². The van der Waals surface area contributed by atoms with Crippen LogP contribution in [0.1, 0.15) is 22.3 Å². The number of likely N-dealkylation sites (tertiary alicyclic amines) is 1. The summed E-state index contributed by atoms with van der Waals surface area (Å²) in [5.74, 6) is -0.380. The summed E-state index contributed by atoms with van der Waals surface area (Å²) in [5.41, 5.74) is 2.03. The first-order chi connectivity index (χ1) is 10.4. The number of carbonyl (C=O) groups is 2. The van der Waals surface area contributed by atoms with E-state index in [-0.39, 0.29) is 12.0 Å². The monoisotopic (exact) mass is 305 g/mol. The molecule has 1 aromatic rings. The summed E-state index contributed by atoms with van der Waals surface area (Å²) < 4.78 is 4.69. The SMILES string of the molecule is COC(=O)c1ccc(NC(=O)N2CC[C@H](N(C)C)C2)c(C)c1. The predicted octanol–water partition coefficient (Wildman–Crippen LogP) is 1.95. The number of nitrogens with zero attached hydrogens (tertiary/aromatic N) is 2. The zero-order valence-electron chi connectivity index (χ0n) is 13.5. The molecule has 1 N–H and O–H groups in total. The second-order valence-electron chi connectivity index (χ2n) is 5.80. The van der Waals surface area contributed by atoms with Crippen LogP contribution in [0, 0.1) is 6.92 Å². The third-order valence-electron chi connectivity index (χ3n) is 4.07. The number of hydrogen-bond donors (Lipinski definition) is 1. The molecule has 1 aliphatic heterocycles. The lowest BCUT2D eigenvalue weighted by Gasteiger charge is -2.21. The molecule has 0 aromatic heterocycles. The van der Waals surface area contributed by atoms with Crippen LogP contribution in [-0.4, -0.2) is 62.1 Å². The van der Waals surface area contributed by atoms with E-state index in [1.165, 1.54) is 7.11 Å². The van der Waals surface area contributed by atoms with Crippen molar-refractivity contribution < 1.29 is 14.3 Å². The van der Waals surface area contributed by atoms with Crippen LogP contribution < -0.4 is 5.32 Å². The largest absolute Gasteiger partial charge is 0.465 e. The number of benzene rings is 1. The number of aryl methyl sites for hydroxylation is 1. The summed E-state index contributed by atoms with van der Waals surface area (Å²) in [4.78, 5) is 27.8. The highest BCUT2D eigenvalue weighted by Crippen LogP contribution is 2.19. The fourth-order valence-electron chi connectivity index (χ4n) is 2.59. The second-order valence-corrected chi connectivity index (χ2v) is 5.80. The Hall–Kier alpha value is -2.08. The Kier molecular flexibility index (Phi) is 5.03. The Balaban J connectivity index is 2.02. The summed E-state index contributed by atoms with van der Waals surface area (Å²) in [6, 6.07) is 5.42. The van der Waals surface area contributed by atoms with E-state index in [2.05, 4.69) is 15.0 Å². The third kappa shape index (κ3) is 3.57. The minimum absolute atomic E-state index is 0.0988. The van der Waals surface area contributed by atoms with Gasteiger partial charge in [-0.25, -0.2) is 9.59 Å². The average molecular weight is 305 g/mol. The molecule has 1 atom stereocenters. The van der Waals surface area contributed by atoms with Gasteiger partial charge >= 0.3 is 12.0 Å². The molecule has 120 valence electrons. The molecule has 0 aliphatic carbocycles. The van der Waals surface area contributed by atoms with Crippen LogP contribution in [0.15, 0.2) is 18.2 Å². The number of nitrogens with one attached hydrogen (secondary N) is 1. The lowest BCUT2D eigenvalue weighted by molar-refractivity contribution is 0.0600. The minimum Gasteiger partial charge on any atom is -0.465 e. The lowest BCUT2D eigenvalue weighted by Crippen LogP contribution is -2.36. The van der Waals surface area contributed by atoms with Gasteiger partial charge in [0, 0.05) is 24.8 Å². The van der Waals surface area contributed by atoms with Gasteiger partial charge in [-0.1, -0.05) is 0 Å². The Morgan fingerprint density at radius 2 is 2.09 bits per heavy atom. The number of methoxy groups -OCH3 is 1. The molecule has 1 heterocycles. The van der Waals surface area contributed by atoms with E-state index < -0.39 is 0 Å². The van der Waals surface area contributed by atoms with Crippen LogP contribution in [-0.2, 0) is 4.74 Å². The normalized spacial score (nSPS) is 17.7. The molecule has 22 heavy (non-hydrogen) atoms. The molecule has 1 aliphatic rings. The number of hydrogen-bond acceptors (Lipinski definition) is 4. The molecule has 0 radical (unpaired) electrons. The number of carbonyl (C=O) groups excluding carboxylic acids is 2. The number of likely N-dealkylation sites (N-methyl/N-ethyl adjacent to an activating group) is 1. The maximum absolute atomic E-state index is 12.3. The number of ether oxygens (including phenoxy) is 1. The minimum atomic E-state index is -0.380. The second kappa shape index (κ2) is 6.79. The molecule has 0 bridgehead atoms. The Labute approximate surface area is 131 Å². The molecule has 6 heteroatoms. The van der Waals surface area contributed by atoms with E-state index in [1.807, 2.05) is 25.9 Å². The molecule has 0 spiro atoms. The molecular formula is C16H23N3O3. The van der Waals surface area contributed by atoms with Crippen molar-refractivity contribution in [2.24, 2.45) is 0 Å². The standard InChI is InChI=1S/C16H23N3O3/c1-11-9-12(15(20)22-4)5-6-14(11)17-16(21)19-8-7-13(10-19)18(2)3/h5-6,9,13H,7-8,10H2,1-4H3,(H,17,21)/t13-/m0/s1. The molecule has 0 unspecified atom stereocenters. The highest BCUT2D eigenvalue weighted by molar-refractivity contribution is 5.93. The van der Waals surface area contributed by atoms with Gasteiger partial charge in [0.05, 0.1) is 12.7 Å². The maximum Gasteiger partial charge on any atom is 0.337 e. The van der Waals surface area contributed by atoms with Crippen molar-refractivity contribution >= 4 is 17.7 Å². The van der Waals surface area contributed by atoms with Gasteiger partial charge in [0.2, 0.25) is 0 Å². The Bertz CT molecular complexity index is 572. The smallest absolute Gasteiger partial charge is 0.337 e. The zero-order valence-corrected chi connectivity index (χ0v) is 13.5. The topological polar surface area (TPSA) is 61.9 Å². The first kappa shape index (κ1) is 16.3. The number of amides is 2. The predicted molar refractivity (Wildman–Crippen MR) is 85.2 cm³/mol. The van der Waals surface area contributed by atoms with Crippen LogP contribution >= 0.6 is 0 Å². The Morgan fingerprint density at radius 3 is 2.64 bits per heavy atom. The van der Waals surface area contributed by atoms with E-state index >= 15 is 0 Å². The van der Waals surface area contributed by atoms with E-state index in [1.54, 1.807) is 18.2 Å². The number of anilines is 1. The van der Waals surface area contributed by atoms with E-state index in [0.29, 0.717) is 17.3 Å². The zero-order chi connectivity index (χ0) is 16.3. The first-order valence-electron chi connectivity index (χ1n) is 7.33. The number of urea groups is 1. The molecule has 1 saturated heterocycles. The Morgan fingerprint density at radius 1 is 1.36 bits per heavy atom. The summed E-state index contributed by atoms with van der Waals surface area (Å²) in [7, 11) is 5.41.